The molecule has 2 aliphatic rings. The fourth-order valence-electron chi connectivity index (χ4n) is 3.46. The highest BCUT2D eigenvalue weighted by molar-refractivity contribution is 6.04. The van der Waals surface area contributed by atoms with Gasteiger partial charge in [0.2, 0.25) is 11.8 Å². The molecule has 4 atom stereocenters. The molecule has 1 saturated heterocycles. The minimum absolute atomic E-state index is 0.0236. The molecule has 2 amide bonds. The maximum Gasteiger partial charge on any atom is 0.232 e. The number of carbonyl (C=O) groups excluding carboxylic acids is 2. The van der Waals surface area contributed by atoms with Gasteiger partial charge in [-0.3, -0.25) is 14.5 Å². The van der Waals surface area contributed by atoms with Crippen LogP contribution >= 0.6 is 0 Å². The van der Waals surface area contributed by atoms with Crippen LogP contribution in [0.25, 0.3) is 0 Å². The Labute approximate surface area is 115 Å². The Kier molecular flexibility index (Phi) is 4.61. The molecule has 1 saturated carbocycles. The first-order valence-corrected chi connectivity index (χ1v) is 7.64. The second kappa shape index (κ2) is 6.04. The summed E-state index contributed by atoms with van der Waals surface area (Å²) in [5, 5.41) is 3.52. The lowest BCUT2D eigenvalue weighted by Gasteiger charge is -2.23. The molecule has 0 spiro atoms. The van der Waals surface area contributed by atoms with Crippen molar-refractivity contribution in [3.63, 3.8) is 0 Å². The van der Waals surface area contributed by atoms with E-state index < -0.39 is 0 Å². The molecule has 1 N–H and O–H groups in total. The van der Waals surface area contributed by atoms with Gasteiger partial charge >= 0.3 is 0 Å². The van der Waals surface area contributed by atoms with E-state index in [9.17, 15) is 9.59 Å². The Morgan fingerprint density at radius 1 is 1.16 bits per heavy atom. The highest BCUT2D eigenvalue weighted by atomic mass is 16.2. The van der Waals surface area contributed by atoms with E-state index in [-0.39, 0.29) is 23.7 Å². The fourth-order valence-corrected chi connectivity index (χ4v) is 3.46. The molecule has 2 rings (SSSR count). The van der Waals surface area contributed by atoms with Gasteiger partial charge < -0.3 is 5.32 Å². The van der Waals surface area contributed by atoms with Gasteiger partial charge in [0, 0.05) is 24.4 Å². The van der Waals surface area contributed by atoms with Gasteiger partial charge in [-0.15, -0.1) is 0 Å². The summed E-state index contributed by atoms with van der Waals surface area (Å²) in [5.41, 5.74) is 0. The molecule has 0 aromatic rings. The highest BCUT2D eigenvalue weighted by Crippen LogP contribution is 2.31. The van der Waals surface area contributed by atoms with Gasteiger partial charge in [0.05, 0.1) is 0 Å². The molecule has 108 valence electrons. The van der Waals surface area contributed by atoms with Crippen molar-refractivity contribution in [1.82, 2.24) is 10.2 Å². The summed E-state index contributed by atoms with van der Waals surface area (Å²) in [6, 6.07) is 0.577. The molecule has 19 heavy (non-hydrogen) atoms. The van der Waals surface area contributed by atoms with Gasteiger partial charge in [0.1, 0.15) is 0 Å². The van der Waals surface area contributed by atoms with Gasteiger partial charge in [-0.1, -0.05) is 27.2 Å². The minimum atomic E-state index is -0.138. The average molecular weight is 266 g/mol. The number of likely N-dealkylation sites (tertiary alicyclic amines) is 1. The van der Waals surface area contributed by atoms with E-state index in [2.05, 4.69) is 12.2 Å². The average Bonchev–Trinajstić information content (AvgIpc) is 2.90. The Bertz CT molecular complexity index is 336. The van der Waals surface area contributed by atoms with E-state index in [0.717, 1.165) is 13.0 Å². The quantitative estimate of drug-likeness (QED) is 0.772. The van der Waals surface area contributed by atoms with Crippen LogP contribution in [-0.2, 0) is 9.59 Å². The molecule has 4 heteroatoms. The third-order valence-electron chi connectivity index (χ3n) is 4.91. The van der Waals surface area contributed by atoms with Crippen LogP contribution in [0.2, 0.25) is 0 Å². The molecule has 4 nitrogen and oxygen atoms in total. The van der Waals surface area contributed by atoms with E-state index in [1.54, 1.807) is 0 Å². The number of carbonyl (C=O) groups is 2. The summed E-state index contributed by atoms with van der Waals surface area (Å²) in [7, 11) is 0. The number of nitrogens with one attached hydrogen (secondary N) is 1. The third-order valence-corrected chi connectivity index (χ3v) is 4.91. The van der Waals surface area contributed by atoms with Gasteiger partial charge in [0.15, 0.2) is 0 Å². The number of imide groups is 1. The Hall–Kier alpha value is -0.900. The molecule has 1 aliphatic carbocycles. The summed E-state index contributed by atoms with van der Waals surface area (Å²) in [5.74, 6) is 0.388. The molecule has 0 radical (unpaired) electrons. The minimum Gasteiger partial charge on any atom is -0.314 e. The summed E-state index contributed by atoms with van der Waals surface area (Å²) >= 11 is 0. The van der Waals surface area contributed by atoms with Crippen molar-refractivity contribution < 1.29 is 9.59 Å². The van der Waals surface area contributed by atoms with Crippen LogP contribution in [0.1, 0.15) is 46.5 Å². The van der Waals surface area contributed by atoms with Gasteiger partial charge in [-0.05, 0) is 31.7 Å². The standard InChI is InChI=1S/C15H26N2O2/c1-4-16-13-7-5-6-12(13)8-9-17-14(18)10(2)11(3)15(17)19/h10-13,16H,4-9H2,1-3H3. The maximum absolute atomic E-state index is 12.0. The lowest BCUT2D eigenvalue weighted by atomic mass is 9.99. The normalized spacial score (nSPS) is 35.4. The number of hydrogen-bond acceptors (Lipinski definition) is 3. The summed E-state index contributed by atoms with van der Waals surface area (Å²) in [6.45, 7) is 7.46. The third kappa shape index (κ3) is 2.83. The van der Waals surface area contributed by atoms with E-state index in [1.165, 1.54) is 24.2 Å². The zero-order valence-electron chi connectivity index (χ0n) is 12.3. The molecular formula is C15H26N2O2. The van der Waals surface area contributed by atoms with Crippen molar-refractivity contribution in [2.24, 2.45) is 17.8 Å². The van der Waals surface area contributed by atoms with Crippen molar-refractivity contribution in [2.45, 2.75) is 52.5 Å². The Morgan fingerprint density at radius 3 is 2.37 bits per heavy atom. The number of nitrogens with zero attached hydrogens (tertiary/aromatic N) is 1. The van der Waals surface area contributed by atoms with Crippen LogP contribution < -0.4 is 5.32 Å². The molecule has 0 bridgehead atoms. The molecule has 1 aliphatic heterocycles. The second-order valence-corrected chi connectivity index (χ2v) is 6.05. The SMILES string of the molecule is CCNC1CCCC1CCN1C(=O)C(C)C(C)C1=O. The van der Waals surface area contributed by atoms with E-state index in [4.69, 9.17) is 0 Å². The van der Waals surface area contributed by atoms with Crippen LogP contribution in [0.4, 0.5) is 0 Å². The predicted molar refractivity (Wildman–Crippen MR) is 74.5 cm³/mol. The van der Waals surface area contributed by atoms with E-state index in [1.807, 2.05) is 13.8 Å². The topological polar surface area (TPSA) is 49.4 Å². The van der Waals surface area contributed by atoms with Crippen molar-refractivity contribution >= 4 is 11.8 Å². The largest absolute Gasteiger partial charge is 0.314 e. The summed E-state index contributed by atoms with van der Waals surface area (Å²) < 4.78 is 0. The van der Waals surface area contributed by atoms with Crippen molar-refractivity contribution in [1.29, 1.82) is 0 Å². The van der Waals surface area contributed by atoms with Crippen LogP contribution in [0.5, 0.6) is 0 Å². The van der Waals surface area contributed by atoms with Gasteiger partial charge in [-0.25, -0.2) is 0 Å². The molecule has 2 fully saturated rings. The predicted octanol–water partition coefficient (Wildman–Crippen LogP) is 1.80. The Balaban J connectivity index is 1.88. The molecule has 1 heterocycles. The van der Waals surface area contributed by atoms with Crippen LogP contribution in [-0.4, -0.2) is 35.8 Å². The van der Waals surface area contributed by atoms with E-state index >= 15 is 0 Å². The lowest BCUT2D eigenvalue weighted by molar-refractivity contribution is -0.140. The van der Waals surface area contributed by atoms with Crippen LogP contribution in [0, 0.1) is 17.8 Å². The summed E-state index contributed by atoms with van der Waals surface area (Å²) in [4.78, 5) is 25.6. The van der Waals surface area contributed by atoms with E-state index in [0.29, 0.717) is 18.5 Å². The Morgan fingerprint density at radius 2 is 1.79 bits per heavy atom. The number of amides is 2. The highest BCUT2D eigenvalue weighted by Gasteiger charge is 2.42. The monoisotopic (exact) mass is 266 g/mol. The van der Waals surface area contributed by atoms with Crippen molar-refractivity contribution in [3.8, 4) is 0 Å². The van der Waals surface area contributed by atoms with Crippen LogP contribution in [0.15, 0.2) is 0 Å². The zero-order valence-corrected chi connectivity index (χ0v) is 12.3. The first-order valence-electron chi connectivity index (χ1n) is 7.64. The van der Waals surface area contributed by atoms with Crippen molar-refractivity contribution in [2.75, 3.05) is 13.1 Å². The van der Waals surface area contributed by atoms with Gasteiger partial charge in [-0.2, -0.15) is 0 Å². The maximum atomic E-state index is 12.0. The van der Waals surface area contributed by atoms with Crippen LogP contribution in [0.3, 0.4) is 0 Å². The first kappa shape index (κ1) is 14.5. The number of rotatable bonds is 5. The van der Waals surface area contributed by atoms with Crippen molar-refractivity contribution in [3.05, 3.63) is 0 Å². The zero-order chi connectivity index (χ0) is 14.0. The summed E-state index contributed by atoms with van der Waals surface area (Å²) in [6.07, 6.45) is 4.66. The fraction of sp³-hybridized carbons (Fsp3) is 0.867. The lowest BCUT2D eigenvalue weighted by Crippen LogP contribution is -2.37. The molecular weight excluding hydrogens is 240 g/mol. The number of hydrogen-bond donors (Lipinski definition) is 1. The molecule has 0 aromatic heterocycles. The first-order chi connectivity index (χ1) is 9.06. The van der Waals surface area contributed by atoms with Gasteiger partial charge in [0.25, 0.3) is 0 Å². The molecule has 0 aromatic carbocycles. The molecule has 4 unspecified atom stereocenters. The second-order valence-electron chi connectivity index (χ2n) is 6.05. The smallest absolute Gasteiger partial charge is 0.232 e.